The maximum atomic E-state index is 12.1. The highest BCUT2D eigenvalue weighted by atomic mass is 35.5. The summed E-state index contributed by atoms with van der Waals surface area (Å²) in [5.41, 5.74) is 4.96. The SMILES string of the molecule is Cc1cc(OC(C)C(=O)NNC(=O)Nc2cccc(Cl)c2Cl)ccc1[N+](=O)[O-]. The Morgan fingerprint density at radius 3 is 2.54 bits per heavy atom. The predicted octanol–water partition coefficient (Wildman–Crippen LogP) is 3.83. The molecule has 2 aromatic rings. The molecule has 0 heterocycles. The quantitative estimate of drug-likeness (QED) is 0.495. The molecule has 0 saturated heterocycles. The highest BCUT2D eigenvalue weighted by molar-refractivity contribution is 6.43. The Bertz CT molecular complexity index is 922. The Kier molecular flexibility index (Phi) is 7.02. The number of rotatable bonds is 5. The number of hydrogen-bond acceptors (Lipinski definition) is 5. The zero-order valence-electron chi connectivity index (χ0n) is 14.8. The van der Waals surface area contributed by atoms with Crippen molar-refractivity contribution in [2.45, 2.75) is 20.0 Å². The van der Waals surface area contributed by atoms with Gasteiger partial charge in [0.15, 0.2) is 6.10 Å². The molecule has 3 amide bonds. The number of ether oxygens (including phenoxy) is 1. The van der Waals surface area contributed by atoms with Gasteiger partial charge < -0.3 is 10.1 Å². The van der Waals surface area contributed by atoms with Gasteiger partial charge >= 0.3 is 6.03 Å². The summed E-state index contributed by atoms with van der Waals surface area (Å²) in [6, 6.07) is 8.09. The number of aryl methyl sites for hydroxylation is 1. The zero-order valence-corrected chi connectivity index (χ0v) is 16.3. The molecule has 0 aliphatic rings. The molecule has 11 heteroatoms. The molecule has 0 fully saturated rings. The number of hydrazine groups is 1. The summed E-state index contributed by atoms with van der Waals surface area (Å²) in [5, 5.41) is 13.7. The van der Waals surface area contributed by atoms with E-state index in [1.54, 1.807) is 19.1 Å². The molecule has 1 atom stereocenters. The van der Waals surface area contributed by atoms with E-state index in [1.165, 1.54) is 31.2 Å². The normalized spacial score (nSPS) is 11.3. The largest absolute Gasteiger partial charge is 0.481 e. The number of anilines is 1. The van der Waals surface area contributed by atoms with Gasteiger partial charge in [-0.1, -0.05) is 29.3 Å². The fraction of sp³-hybridized carbons (Fsp3) is 0.176. The predicted molar refractivity (Wildman–Crippen MR) is 105 cm³/mol. The number of carbonyl (C=O) groups is 2. The molecule has 0 saturated carbocycles. The second-order valence-corrected chi connectivity index (χ2v) is 6.42. The number of carbonyl (C=O) groups excluding carboxylic acids is 2. The van der Waals surface area contributed by atoms with Crippen molar-refractivity contribution in [3.63, 3.8) is 0 Å². The van der Waals surface area contributed by atoms with Gasteiger partial charge in [-0.05, 0) is 38.1 Å². The lowest BCUT2D eigenvalue weighted by Gasteiger charge is -2.16. The maximum Gasteiger partial charge on any atom is 0.337 e. The van der Waals surface area contributed by atoms with Crippen LogP contribution in [0.25, 0.3) is 0 Å². The van der Waals surface area contributed by atoms with Crippen molar-refractivity contribution in [1.29, 1.82) is 0 Å². The van der Waals surface area contributed by atoms with E-state index in [2.05, 4.69) is 16.2 Å². The van der Waals surface area contributed by atoms with Crippen molar-refractivity contribution >= 4 is 46.5 Å². The van der Waals surface area contributed by atoms with Crippen LogP contribution in [0.2, 0.25) is 10.0 Å². The fourth-order valence-electron chi connectivity index (χ4n) is 2.14. The molecule has 3 N–H and O–H groups in total. The monoisotopic (exact) mass is 426 g/mol. The van der Waals surface area contributed by atoms with Crippen molar-refractivity contribution in [2.24, 2.45) is 0 Å². The smallest absolute Gasteiger partial charge is 0.337 e. The Hall–Kier alpha value is -3.04. The first-order valence-electron chi connectivity index (χ1n) is 7.91. The highest BCUT2D eigenvalue weighted by Crippen LogP contribution is 2.29. The molecular weight excluding hydrogens is 411 g/mol. The van der Waals surface area contributed by atoms with Crippen molar-refractivity contribution in [1.82, 2.24) is 10.9 Å². The Morgan fingerprint density at radius 2 is 1.89 bits per heavy atom. The molecule has 0 bridgehead atoms. The first kappa shape index (κ1) is 21.3. The number of nitrogens with zero attached hydrogens (tertiary/aromatic N) is 1. The maximum absolute atomic E-state index is 12.1. The third-order valence-electron chi connectivity index (χ3n) is 3.55. The molecule has 1 unspecified atom stereocenters. The van der Waals surface area contributed by atoms with E-state index in [9.17, 15) is 19.7 Å². The van der Waals surface area contributed by atoms with E-state index >= 15 is 0 Å². The molecular formula is C17H16Cl2N4O5. The fourth-order valence-corrected chi connectivity index (χ4v) is 2.49. The van der Waals surface area contributed by atoms with Gasteiger partial charge in [-0.3, -0.25) is 20.3 Å². The Balaban J connectivity index is 1.88. The van der Waals surface area contributed by atoms with Gasteiger partial charge in [0.05, 0.1) is 20.7 Å². The third-order valence-corrected chi connectivity index (χ3v) is 4.36. The molecule has 0 spiro atoms. The van der Waals surface area contributed by atoms with Gasteiger partial charge in [-0.15, -0.1) is 0 Å². The van der Waals surface area contributed by atoms with Gasteiger partial charge in [0, 0.05) is 11.6 Å². The first-order chi connectivity index (χ1) is 13.2. The molecule has 2 rings (SSSR count). The lowest BCUT2D eigenvalue weighted by atomic mass is 10.2. The van der Waals surface area contributed by atoms with Crippen LogP contribution < -0.4 is 20.9 Å². The van der Waals surface area contributed by atoms with Crippen LogP contribution in [0.1, 0.15) is 12.5 Å². The van der Waals surface area contributed by atoms with Crippen LogP contribution in [0, 0.1) is 17.0 Å². The van der Waals surface area contributed by atoms with E-state index in [0.717, 1.165) is 0 Å². The van der Waals surface area contributed by atoms with Crippen molar-refractivity contribution in [2.75, 3.05) is 5.32 Å². The molecule has 148 valence electrons. The minimum atomic E-state index is -0.976. The van der Waals surface area contributed by atoms with Crippen LogP contribution in [0.15, 0.2) is 36.4 Å². The van der Waals surface area contributed by atoms with E-state index in [0.29, 0.717) is 5.56 Å². The molecule has 28 heavy (non-hydrogen) atoms. The van der Waals surface area contributed by atoms with Crippen LogP contribution in [0.4, 0.5) is 16.2 Å². The van der Waals surface area contributed by atoms with Gasteiger partial charge in [0.25, 0.3) is 11.6 Å². The van der Waals surface area contributed by atoms with Crippen LogP contribution in [0.3, 0.4) is 0 Å². The minimum absolute atomic E-state index is 0.0533. The van der Waals surface area contributed by atoms with Crippen LogP contribution in [-0.2, 0) is 4.79 Å². The summed E-state index contributed by atoms with van der Waals surface area (Å²) in [6.07, 6.45) is -0.976. The van der Waals surface area contributed by atoms with Crippen LogP contribution in [-0.4, -0.2) is 23.0 Å². The number of nitro benzene ring substituents is 1. The van der Waals surface area contributed by atoms with Gasteiger partial charge in [0.1, 0.15) is 5.75 Å². The molecule has 0 aliphatic carbocycles. The van der Waals surface area contributed by atoms with Crippen molar-refractivity contribution < 1.29 is 19.2 Å². The summed E-state index contributed by atoms with van der Waals surface area (Å²) in [6.45, 7) is 3.02. The van der Waals surface area contributed by atoms with E-state index in [1.807, 2.05) is 0 Å². The molecule has 0 aromatic heterocycles. The van der Waals surface area contributed by atoms with E-state index in [4.69, 9.17) is 27.9 Å². The van der Waals surface area contributed by atoms with Gasteiger partial charge in [-0.25, -0.2) is 10.2 Å². The lowest BCUT2D eigenvalue weighted by Crippen LogP contribution is -2.48. The summed E-state index contributed by atoms with van der Waals surface area (Å²) < 4.78 is 5.43. The second kappa shape index (κ2) is 9.25. The summed E-state index contributed by atoms with van der Waals surface area (Å²) in [7, 11) is 0. The average molecular weight is 427 g/mol. The minimum Gasteiger partial charge on any atom is -0.481 e. The zero-order chi connectivity index (χ0) is 20.8. The standard InChI is InChI=1S/C17H16Cl2N4O5/c1-9-8-11(6-7-14(9)23(26)27)28-10(2)16(24)21-22-17(25)20-13-5-3-4-12(18)15(13)19/h3-8,10H,1-2H3,(H,21,24)(H2,20,22,25). The van der Waals surface area contributed by atoms with Crippen molar-refractivity contribution in [3.8, 4) is 5.75 Å². The Labute approximate surface area is 170 Å². The van der Waals surface area contributed by atoms with Crippen LogP contribution >= 0.6 is 23.2 Å². The summed E-state index contributed by atoms with van der Waals surface area (Å²) in [4.78, 5) is 34.2. The topological polar surface area (TPSA) is 123 Å². The number of benzene rings is 2. The summed E-state index contributed by atoms with van der Waals surface area (Å²) >= 11 is 11.8. The average Bonchev–Trinajstić information content (AvgIpc) is 2.63. The number of amides is 3. The molecule has 9 nitrogen and oxygen atoms in total. The number of halogens is 2. The third kappa shape index (κ3) is 5.48. The van der Waals surface area contributed by atoms with E-state index in [-0.39, 0.29) is 27.2 Å². The summed E-state index contributed by atoms with van der Waals surface area (Å²) in [5.74, 6) is -0.357. The number of nitrogens with one attached hydrogen (secondary N) is 3. The molecule has 0 radical (unpaired) electrons. The number of nitro groups is 1. The first-order valence-corrected chi connectivity index (χ1v) is 8.67. The van der Waals surface area contributed by atoms with Crippen LogP contribution in [0.5, 0.6) is 5.75 Å². The van der Waals surface area contributed by atoms with Gasteiger partial charge in [-0.2, -0.15) is 0 Å². The number of urea groups is 1. The van der Waals surface area contributed by atoms with E-state index < -0.39 is 23.0 Å². The Morgan fingerprint density at radius 1 is 1.18 bits per heavy atom. The highest BCUT2D eigenvalue weighted by Gasteiger charge is 2.18. The van der Waals surface area contributed by atoms with Crippen molar-refractivity contribution in [3.05, 3.63) is 62.1 Å². The second-order valence-electron chi connectivity index (χ2n) is 5.64. The molecule has 0 aliphatic heterocycles. The lowest BCUT2D eigenvalue weighted by molar-refractivity contribution is -0.385. The van der Waals surface area contributed by atoms with Gasteiger partial charge in [0.2, 0.25) is 0 Å². The number of hydrogen-bond donors (Lipinski definition) is 3. The molecule has 2 aromatic carbocycles.